The molecule has 0 aliphatic carbocycles. The molecule has 2 nitrogen and oxygen atoms in total. The van der Waals surface area contributed by atoms with Crippen LogP contribution in [0.15, 0.2) is 22.7 Å². The molecule has 1 unspecified atom stereocenters. The van der Waals surface area contributed by atoms with Gasteiger partial charge in [0.25, 0.3) is 0 Å². The standard InChI is InChI=1S/C12H19BrN2S/c1-3-16-7-6-9(2)15-12-5-4-10(14)8-11(12)13/h4-5,8-9,15H,3,6-7,14H2,1-2H3. The third kappa shape index (κ3) is 4.66. The molecule has 1 atom stereocenters. The average Bonchev–Trinajstić information content (AvgIpc) is 2.23. The molecule has 0 aliphatic heterocycles. The van der Waals surface area contributed by atoms with Crippen molar-refractivity contribution in [1.82, 2.24) is 0 Å². The molecule has 0 aliphatic rings. The van der Waals surface area contributed by atoms with Crippen LogP contribution in [0.25, 0.3) is 0 Å². The van der Waals surface area contributed by atoms with Gasteiger partial charge in [-0.1, -0.05) is 6.92 Å². The molecule has 90 valence electrons. The van der Waals surface area contributed by atoms with Crippen molar-refractivity contribution >= 4 is 39.1 Å². The molecule has 0 bridgehead atoms. The van der Waals surface area contributed by atoms with Gasteiger partial charge in [-0.05, 0) is 59.0 Å². The Bertz CT molecular complexity index is 331. The molecule has 4 heteroatoms. The van der Waals surface area contributed by atoms with Crippen molar-refractivity contribution in [2.24, 2.45) is 0 Å². The summed E-state index contributed by atoms with van der Waals surface area (Å²) in [6.07, 6.45) is 1.18. The van der Waals surface area contributed by atoms with Crippen LogP contribution in [0.1, 0.15) is 20.3 Å². The van der Waals surface area contributed by atoms with E-state index < -0.39 is 0 Å². The maximum Gasteiger partial charge on any atom is 0.0488 e. The summed E-state index contributed by atoms with van der Waals surface area (Å²) in [4.78, 5) is 0. The van der Waals surface area contributed by atoms with E-state index in [1.165, 1.54) is 17.9 Å². The molecule has 1 aromatic rings. The van der Waals surface area contributed by atoms with Gasteiger partial charge in [-0.15, -0.1) is 0 Å². The number of nitrogens with one attached hydrogen (secondary N) is 1. The second-order valence-electron chi connectivity index (χ2n) is 3.77. The van der Waals surface area contributed by atoms with Crippen LogP contribution in [-0.4, -0.2) is 17.5 Å². The lowest BCUT2D eigenvalue weighted by molar-refractivity contribution is 0.771. The first-order valence-corrected chi connectivity index (χ1v) is 7.47. The first kappa shape index (κ1) is 13.7. The fourth-order valence-electron chi connectivity index (χ4n) is 1.39. The highest BCUT2D eigenvalue weighted by Gasteiger charge is 2.05. The summed E-state index contributed by atoms with van der Waals surface area (Å²) < 4.78 is 1.03. The number of nitrogens with two attached hydrogens (primary N) is 1. The topological polar surface area (TPSA) is 38.0 Å². The molecule has 0 saturated carbocycles. The lowest BCUT2D eigenvalue weighted by Crippen LogP contribution is -2.16. The van der Waals surface area contributed by atoms with Crippen molar-refractivity contribution in [3.8, 4) is 0 Å². The van der Waals surface area contributed by atoms with Gasteiger partial charge in [-0.3, -0.25) is 0 Å². The average molecular weight is 303 g/mol. The highest BCUT2D eigenvalue weighted by molar-refractivity contribution is 9.10. The lowest BCUT2D eigenvalue weighted by Gasteiger charge is -2.16. The Morgan fingerprint density at radius 3 is 2.88 bits per heavy atom. The second kappa shape index (κ2) is 7.07. The number of benzene rings is 1. The van der Waals surface area contributed by atoms with Gasteiger partial charge in [0.1, 0.15) is 0 Å². The maximum absolute atomic E-state index is 5.70. The zero-order valence-electron chi connectivity index (χ0n) is 9.79. The molecule has 0 spiro atoms. The number of nitrogen functional groups attached to an aromatic ring is 1. The number of rotatable bonds is 6. The van der Waals surface area contributed by atoms with Crippen molar-refractivity contribution in [2.45, 2.75) is 26.3 Å². The molecule has 0 fully saturated rings. The van der Waals surface area contributed by atoms with Crippen LogP contribution in [0.2, 0.25) is 0 Å². The van der Waals surface area contributed by atoms with Crippen LogP contribution in [-0.2, 0) is 0 Å². The smallest absolute Gasteiger partial charge is 0.0488 e. The maximum atomic E-state index is 5.70. The SMILES string of the molecule is CCSCCC(C)Nc1ccc(N)cc1Br. The van der Waals surface area contributed by atoms with E-state index >= 15 is 0 Å². The van der Waals surface area contributed by atoms with Crippen LogP contribution in [0.5, 0.6) is 0 Å². The van der Waals surface area contributed by atoms with Gasteiger partial charge in [-0.25, -0.2) is 0 Å². The second-order valence-corrected chi connectivity index (χ2v) is 6.02. The Hall–Kier alpha value is -0.350. The van der Waals surface area contributed by atoms with Crippen molar-refractivity contribution in [1.29, 1.82) is 0 Å². The van der Waals surface area contributed by atoms with Crippen LogP contribution < -0.4 is 11.1 Å². The first-order chi connectivity index (χ1) is 7.63. The Morgan fingerprint density at radius 2 is 2.25 bits per heavy atom. The Morgan fingerprint density at radius 1 is 1.50 bits per heavy atom. The Balaban J connectivity index is 2.46. The van der Waals surface area contributed by atoms with E-state index in [9.17, 15) is 0 Å². The normalized spacial score (nSPS) is 12.4. The van der Waals surface area contributed by atoms with E-state index in [2.05, 4.69) is 35.1 Å². The molecule has 1 aromatic carbocycles. The minimum Gasteiger partial charge on any atom is -0.399 e. The minimum absolute atomic E-state index is 0.485. The first-order valence-electron chi connectivity index (χ1n) is 5.52. The van der Waals surface area contributed by atoms with Crippen molar-refractivity contribution in [2.75, 3.05) is 22.6 Å². The van der Waals surface area contributed by atoms with Gasteiger partial charge in [0, 0.05) is 21.9 Å². The number of halogens is 1. The van der Waals surface area contributed by atoms with E-state index in [1.807, 2.05) is 30.0 Å². The zero-order valence-corrected chi connectivity index (χ0v) is 12.2. The summed E-state index contributed by atoms with van der Waals surface area (Å²) in [5, 5.41) is 3.48. The third-order valence-electron chi connectivity index (χ3n) is 2.29. The fourth-order valence-corrected chi connectivity index (χ4v) is 2.71. The molecule has 3 N–H and O–H groups in total. The molecule has 0 saturated heterocycles. The largest absolute Gasteiger partial charge is 0.399 e. The van der Waals surface area contributed by atoms with Crippen LogP contribution in [0.4, 0.5) is 11.4 Å². The van der Waals surface area contributed by atoms with Gasteiger partial charge >= 0.3 is 0 Å². The van der Waals surface area contributed by atoms with Crippen molar-refractivity contribution < 1.29 is 0 Å². The number of hydrogen-bond donors (Lipinski definition) is 2. The summed E-state index contributed by atoms with van der Waals surface area (Å²) >= 11 is 5.49. The van der Waals surface area contributed by atoms with Crippen LogP contribution >= 0.6 is 27.7 Å². The van der Waals surface area contributed by atoms with Crippen molar-refractivity contribution in [3.05, 3.63) is 22.7 Å². The van der Waals surface area contributed by atoms with Crippen LogP contribution in [0.3, 0.4) is 0 Å². The molecule has 1 rings (SSSR count). The highest BCUT2D eigenvalue weighted by atomic mass is 79.9. The van der Waals surface area contributed by atoms with Crippen LogP contribution in [0, 0.1) is 0 Å². The predicted octanol–water partition coefficient (Wildman–Crippen LogP) is 3.97. The molecule has 0 radical (unpaired) electrons. The van der Waals surface area contributed by atoms with E-state index in [0.29, 0.717) is 6.04 Å². The minimum atomic E-state index is 0.485. The quantitative estimate of drug-likeness (QED) is 0.617. The van der Waals surface area contributed by atoms with Crippen molar-refractivity contribution in [3.63, 3.8) is 0 Å². The number of anilines is 2. The molecule has 0 amide bonds. The summed E-state index contributed by atoms with van der Waals surface area (Å²) in [7, 11) is 0. The van der Waals surface area contributed by atoms with Gasteiger partial charge in [0.05, 0.1) is 0 Å². The Labute approximate surface area is 111 Å². The zero-order chi connectivity index (χ0) is 12.0. The summed E-state index contributed by atoms with van der Waals surface area (Å²) in [6.45, 7) is 4.40. The van der Waals surface area contributed by atoms with E-state index in [0.717, 1.165) is 15.8 Å². The van der Waals surface area contributed by atoms with Gasteiger partial charge < -0.3 is 11.1 Å². The molecular weight excluding hydrogens is 284 g/mol. The van der Waals surface area contributed by atoms with Gasteiger partial charge in [0.15, 0.2) is 0 Å². The monoisotopic (exact) mass is 302 g/mol. The van der Waals surface area contributed by atoms with E-state index in [1.54, 1.807) is 0 Å². The fraction of sp³-hybridized carbons (Fsp3) is 0.500. The third-order valence-corrected chi connectivity index (χ3v) is 3.88. The van der Waals surface area contributed by atoms with E-state index in [4.69, 9.17) is 5.73 Å². The molecular formula is C12H19BrN2S. The highest BCUT2D eigenvalue weighted by Crippen LogP contribution is 2.25. The van der Waals surface area contributed by atoms with E-state index in [-0.39, 0.29) is 0 Å². The van der Waals surface area contributed by atoms with Gasteiger partial charge in [0.2, 0.25) is 0 Å². The summed E-state index contributed by atoms with van der Waals surface area (Å²) in [5.74, 6) is 2.40. The number of thioether (sulfide) groups is 1. The molecule has 0 heterocycles. The lowest BCUT2D eigenvalue weighted by atomic mass is 10.2. The molecule has 16 heavy (non-hydrogen) atoms. The predicted molar refractivity (Wildman–Crippen MR) is 79.3 cm³/mol. The Kier molecular flexibility index (Phi) is 6.06. The number of hydrogen-bond acceptors (Lipinski definition) is 3. The molecule has 0 aromatic heterocycles. The summed E-state index contributed by atoms with van der Waals surface area (Å²) in [5.41, 5.74) is 7.59. The summed E-state index contributed by atoms with van der Waals surface area (Å²) in [6, 6.07) is 6.35. The van der Waals surface area contributed by atoms with Gasteiger partial charge in [-0.2, -0.15) is 11.8 Å².